The first-order valence-electron chi connectivity index (χ1n) is 8.22. The fourth-order valence-electron chi connectivity index (χ4n) is 3.83. The van der Waals surface area contributed by atoms with Gasteiger partial charge in [0.2, 0.25) is 0 Å². The average molecular weight is 375 g/mol. The van der Waals surface area contributed by atoms with Gasteiger partial charge in [-0.25, -0.2) is 9.69 Å². The van der Waals surface area contributed by atoms with Crippen LogP contribution in [0.4, 0.5) is 10.5 Å². The lowest BCUT2D eigenvalue weighted by atomic mass is 9.84. The van der Waals surface area contributed by atoms with E-state index in [-0.39, 0.29) is 17.9 Å². The van der Waals surface area contributed by atoms with Gasteiger partial charge in [0, 0.05) is 22.5 Å². The van der Waals surface area contributed by atoms with Crippen LogP contribution in [-0.2, 0) is 4.79 Å². The van der Waals surface area contributed by atoms with E-state index in [4.69, 9.17) is 23.2 Å². The van der Waals surface area contributed by atoms with E-state index in [1.807, 2.05) is 30.3 Å². The molecule has 4 rings (SSSR count). The summed E-state index contributed by atoms with van der Waals surface area (Å²) in [6.45, 7) is 0.587. The zero-order chi connectivity index (χ0) is 17.6. The standard InChI is InChI=1S/C19H16Cl2N2O2/c20-13-9-14(21)11-15(10-13)23-18(24)17-16(12-5-2-1-3-6-12)7-4-8-22(17)19(23)25/h1-3,5-6,9-11,16-17H,4,7-8H2. The highest BCUT2D eigenvalue weighted by Crippen LogP contribution is 2.40. The summed E-state index contributed by atoms with van der Waals surface area (Å²) in [5.74, 6) is -0.206. The summed E-state index contributed by atoms with van der Waals surface area (Å²) in [5, 5.41) is 0.792. The Balaban J connectivity index is 1.74. The van der Waals surface area contributed by atoms with Crippen LogP contribution in [0, 0.1) is 0 Å². The van der Waals surface area contributed by atoms with E-state index in [2.05, 4.69) is 0 Å². The maximum Gasteiger partial charge on any atom is 0.332 e. The smallest absolute Gasteiger partial charge is 0.311 e. The summed E-state index contributed by atoms with van der Waals surface area (Å²) in [4.78, 5) is 28.9. The molecule has 2 unspecified atom stereocenters. The van der Waals surface area contributed by atoms with Gasteiger partial charge in [0.1, 0.15) is 6.04 Å². The van der Waals surface area contributed by atoms with Crippen LogP contribution in [0.2, 0.25) is 10.0 Å². The van der Waals surface area contributed by atoms with Crippen molar-refractivity contribution in [2.75, 3.05) is 11.4 Å². The number of halogens is 2. The lowest BCUT2D eigenvalue weighted by molar-refractivity contribution is -0.120. The van der Waals surface area contributed by atoms with Gasteiger partial charge < -0.3 is 4.90 Å². The minimum absolute atomic E-state index is 0.00561. The number of benzene rings is 2. The Hall–Kier alpha value is -2.04. The van der Waals surface area contributed by atoms with Crippen LogP contribution >= 0.6 is 23.2 Å². The van der Waals surface area contributed by atoms with Crippen LogP contribution in [0.5, 0.6) is 0 Å². The molecule has 2 heterocycles. The molecule has 0 aliphatic carbocycles. The Labute approximate surface area is 155 Å². The first kappa shape index (κ1) is 16.4. The van der Waals surface area contributed by atoms with Gasteiger partial charge in [0.15, 0.2) is 0 Å². The molecule has 2 aliphatic heterocycles. The van der Waals surface area contributed by atoms with Crippen molar-refractivity contribution in [3.63, 3.8) is 0 Å². The van der Waals surface area contributed by atoms with E-state index in [1.54, 1.807) is 23.1 Å². The molecule has 0 saturated carbocycles. The topological polar surface area (TPSA) is 40.6 Å². The number of anilines is 1. The molecule has 0 N–H and O–H groups in total. The molecule has 2 saturated heterocycles. The van der Waals surface area contributed by atoms with Crippen molar-refractivity contribution in [1.29, 1.82) is 0 Å². The van der Waals surface area contributed by atoms with Crippen LogP contribution in [-0.4, -0.2) is 29.4 Å². The maximum atomic E-state index is 13.1. The molecular formula is C19H16Cl2N2O2. The lowest BCUT2D eigenvalue weighted by Gasteiger charge is -2.34. The Morgan fingerprint density at radius 3 is 2.32 bits per heavy atom. The Bertz CT molecular complexity index is 820. The van der Waals surface area contributed by atoms with Crippen LogP contribution < -0.4 is 4.90 Å². The Morgan fingerprint density at radius 1 is 0.960 bits per heavy atom. The van der Waals surface area contributed by atoms with Gasteiger partial charge in [-0.1, -0.05) is 53.5 Å². The normalized spacial score (nSPS) is 23.1. The van der Waals surface area contributed by atoms with Gasteiger partial charge in [-0.2, -0.15) is 0 Å². The molecule has 0 aromatic heterocycles. The summed E-state index contributed by atoms with van der Waals surface area (Å²) in [6.07, 6.45) is 1.76. The molecule has 128 valence electrons. The number of fused-ring (bicyclic) bond motifs is 1. The van der Waals surface area contributed by atoms with Crippen LogP contribution in [0.3, 0.4) is 0 Å². The number of rotatable bonds is 2. The van der Waals surface area contributed by atoms with Crippen molar-refractivity contribution in [2.45, 2.75) is 24.8 Å². The lowest BCUT2D eigenvalue weighted by Crippen LogP contribution is -2.43. The summed E-state index contributed by atoms with van der Waals surface area (Å²) in [5.41, 5.74) is 1.51. The molecule has 2 aromatic carbocycles. The number of hydrogen-bond acceptors (Lipinski definition) is 2. The molecule has 2 aromatic rings. The molecule has 3 amide bonds. The van der Waals surface area contributed by atoms with Crippen molar-refractivity contribution in [3.05, 3.63) is 64.1 Å². The zero-order valence-corrected chi connectivity index (χ0v) is 14.9. The molecule has 0 bridgehead atoms. The van der Waals surface area contributed by atoms with Crippen molar-refractivity contribution in [1.82, 2.24) is 4.90 Å². The van der Waals surface area contributed by atoms with E-state index >= 15 is 0 Å². The minimum atomic E-state index is -0.471. The first-order chi connectivity index (χ1) is 12.1. The second-order valence-electron chi connectivity index (χ2n) is 6.38. The fraction of sp³-hybridized carbons (Fsp3) is 0.263. The van der Waals surface area contributed by atoms with Gasteiger partial charge in [-0.15, -0.1) is 0 Å². The van der Waals surface area contributed by atoms with E-state index in [0.29, 0.717) is 22.3 Å². The highest BCUT2D eigenvalue weighted by molar-refractivity contribution is 6.35. The molecule has 2 fully saturated rings. The number of imide groups is 1. The first-order valence-corrected chi connectivity index (χ1v) is 8.97. The molecule has 2 aliphatic rings. The highest BCUT2D eigenvalue weighted by Gasteiger charge is 2.51. The fourth-order valence-corrected chi connectivity index (χ4v) is 4.34. The van der Waals surface area contributed by atoms with Gasteiger partial charge in [-0.3, -0.25) is 4.79 Å². The minimum Gasteiger partial charge on any atom is -0.311 e. The maximum absolute atomic E-state index is 13.1. The molecule has 6 heteroatoms. The highest BCUT2D eigenvalue weighted by atomic mass is 35.5. The largest absolute Gasteiger partial charge is 0.332 e. The van der Waals surface area contributed by atoms with Crippen LogP contribution in [0.25, 0.3) is 0 Å². The third-order valence-corrected chi connectivity index (χ3v) is 5.31. The molecule has 0 radical (unpaired) electrons. The number of piperidine rings is 1. The van der Waals surface area contributed by atoms with Gasteiger partial charge >= 0.3 is 6.03 Å². The number of nitrogens with zero attached hydrogens (tertiary/aromatic N) is 2. The number of hydrogen-bond donors (Lipinski definition) is 0. The monoisotopic (exact) mass is 374 g/mol. The quantitative estimate of drug-likeness (QED) is 0.714. The van der Waals surface area contributed by atoms with E-state index in [0.717, 1.165) is 18.4 Å². The summed E-state index contributed by atoms with van der Waals surface area (Å²) < 4.78 is 0. The summed E-state index contributed by atoms with van der Waals surface area (Å²) >= 11 is 12.1. The molecular weight excluding hydrogens is 359 g/mol. The summed E-state index contributed by atoms with van der Waals surface area (Å²) in [7, 11) is 0. The second-order valence-corrected chi connectivity index (χ2v) is 7.25. The number of carbonyl (C=O) groups is 2. The van der Waals surface area contributed by atoms with Gasteiger partial charge in [0.05, 0.1) is 5.69 Å². The van der Waals surface area contributed by atoms with Crippen molar-refractivity contribution < 1.29 is 9.59 Å². The third kappa shape index (κ3) is 2.79. The van der Waals surface area contributed by atoms with Crippen molar-refractivity contribution in [2.24, 2.45) is 0 Å². The number of carbonyl (C=O) groups excluding carboxylic acids is 2. The SMILES string of the molecule is O=C1C2C(c3ccccc3)CCCN2C(=O)N1c1cc(Cl)cc(Cl)c1. The number of urea groups is 1. The average Bonchev–Trinajstić information content (AvgIpc) is 2.86. The molecule has 25 heavy (non-hydrogen) atoms. The van der Waals surface area contributed by atoms with E-state index in [9.17, 15) is 9.59 Å². The zero-order valence-electron chi connectivity index (χ0n) is 13.4. The second kappa shape index (κ2) is 6.36. The molecule has 4 nitrogen and oxygen atoms in total. The van der Waals surface area contributed by atoms with Gasteiger partial charge in [0.25, 0.3) is 5.91 Å². The Morgan fingerprint density at radius 2 is 1.64 bits per heavy atom. The van der Waals surface area contributed by atoms with Crippen LogP contribution in [0.1, 0.15) is 24.3 Å². The third-order valence-electron chi connectivity index (χ3n) is 4.87. The van der Waals surface area contributed by atoms with Crippen molar-refractivity contribution in [3.8, 4) is 0 Å². The van der Waals surface area contributed by atoms with Crippen molar-refractivity contribution >= 4 is 40.8 Å². The van der Waals surface area contributed by atoms with Crippen LogP contribution in [0.15, 0.2) is 48.5 Å². The molecule has 2 atom stereocenters. The van der Waals surface area contributed by atoms with E-state index < -0.39 is 6.04 Å². The van der Waals surface area contributed by atoms with Gasteiger partial charge in [-0.05, 0) is 36.6 Å². The molecule has 0 spiro atoms. The predicted molar refractivity (Wildman–Crippen MR) is 98.3 cm³/mol. The summed E-state index contributed by atoms with van der Waals surface area (Å²) in [6, 6.07) is 13.9. The Kier molecular flexibility index (Phi) is 4.18. The van der Waals surface area contributed by atoms with E-state index in [1.165, 1.54) is 4.90 Å². The predicted octanol–water partition coefficient (Wildman–Crippen LogP) is 4.71. The number of amides is 3.